The predicted molar refractivity (Wildman–Crippen MR) is 121 cm³/mol. The van der Waals surface area contributed by atoms with Crippen LogP contribution in [0.25, 0.3) is 6.08 Å². The molecule has 0 aliphatic heterocycles. The van der Waals surface area contributed by atoms with Crippen LogP contribution in [0.15, 0.2) is 60.8 Å². The minimum atomic E-state index is -4.56. The molecule has 0 radical (unpaired) electrons. The highest BCUT2D eigenvalue weighted by Crippen LogP contribution is 2.37. The monoisotopic (exact) mass is 476 g/mol. The second kappa shape index (κ2) is 10.2. The summed E-state index contributed by atoms with van der Waals surface area (Å²) in [4.78, 5) is 16.4. The van der Waals surface area contributed by atoms with Gasteiger partial charge in [0.2, 0.25) is 0 Å². The average molecular weight is 477 g/mol. The number of carbonyl (C=O) groups excluding carboxylic acids is 1. The lowest BCUT2D eigenvalue weighted by Gasteiger charge is -2.18. The number of amides is 1. The first-order chi connectivity index (χ1) is 15.5. The molecular formula is C25H21ClF4N2O. The topological polar surface area (TPSA) is 42.0 Å². The molecule has 1 atom stereocenters. The van der Waals surface area contributed by atoms with E-state index in [1.807, 2.05) is 6.92 Å². The summed E-state index contributed by atoms with van der Waals surface area (Å²) in [6, 6.07) is 11.5. The Hall–Kier alpha value is -3.19. The number of halogens is 5. The van der Waals surface area contributed by atoms with Crippen molar-refractivity contribution < 1.29 is 22.4 Å². The predicted octanol–water partition coefficient (Wildman–Crippen LogP) is 6.78. The number of aromatic nitrogens is 1. The van der Waals surface area contributed by atoms with Crippen LogP contribution in [-0.2, 0) is 6.54 Å². The van der Waals surface area contributed by atoms with Gasteiger partial charge in [-0.05, 0) is 66.4 Å². The maximum absolute atomic E-state index is 14.5. The Labute approximate surface area is 194 Å². The molecule has 172 valence electrons. The summed E-state index contributed by atoms with van der Waals surface area (Å²) in [6.45, 7) is 3.65. The lowest BCUT2D eigenvalue weighted by Crippen LogP contribution is -2.24. The molecule has 1 heterocycles. The zero-order valence-electron chi connectivity index (χ0n) is 17.9. The highest BCUT2D eigenvalue weighted by molar-refractivity contribution is 6.30. The molecule has 2 aromatic carbocycles. The smallest absolute Gasteiger partial charge is 0.348 e. The van der Waals surface area contributed by atoms with Crippen molar-refractivity contribution in [1.82, 2.24) is 10.3 Å². The number of alkyl halides is 3. The summed E-state index contributed by atoms with van der Waals surface area (Å²) in [5, 5.41) is 2.80. The van der Waals surface area contributed by atoms with Crippen LogP contribution in [0.3, 0.4) is 0 Å². The van der Waals surface area contributed by atoms with Gasteiger partial charge < -0.3 is 5.32 Å². The molecule has 0 saturated carbocycles. The van der Waals surface area contributed by atoms with E-state index in [0.717, 1.165) is 23.4 Å². The van der Waals surface area contributed by atoms with Crippen LogP contribution in [-0.4, -0.2) is 17.1 Å². The highest BCUT2D eigenvalue weighted by Gasteiger charge is 2.39. The van der Waals surface area contributed by atoms with E-state index in [2.05, 4.69) is 10.3 Å². The number of aryl methyl sites for hydroxylation is 2. The molecule has 3 rings (SSSR count). The van der Waals surface area contributed by atoms with E-state index in [-0.39, 0.29) is 28.3 Å². The van der Waals surface area contributed by atoms with Crippen molar-refractivity contribution >= 4 is 23.6 Å². The van der Waals surface area contributed by atoms with Crippen LogP contribution in [0.1, 0.15) is 44.2 Å². The fourth-order valence-corrected chi connectivity index (χ4v) is 3.56. The second-order valence-corrected chi connectivity index (χ2v) is 8.11. The fraction of sp³-hybridized carbons (Fsp3) is 0.200. The van der Waals surface area contributed by atoms with E-state index in [1.165, 1.54) is 30.3 Å². The fourth-order valence-electron chi connectivity index (χ4n) is 3.26. The molecule has 1 N–H and O–H groups in total. The third kappa shape index (κ3) is 6.65. The molecule has 0 aliphatic carbocycles. The minimum Gasteiger partial charge on any atom is -0.348 e. The number of hydrogen-bond acceptors (Lipinski definition) is 2. The van der Waals surface area contributed by atoms with Crippen molar-refractivity contribution in [2.24, 2.45) is 0 Å². The van der Waals surface area contributed by atoms with Crippen molar-refractivity contribution in [2.45, 2.75) is 32.5 Å². The second-order valence-electron chi connectivity index (χ2n) is 7.67. The van der Waals surface area contributed by atoms with Crippen molar-refractivity contribution in [1.29, 1.82) is 0 Å². The lowest BCUT2D eigenvalue weighted by atomic mass is 9.95. The Bertz CT molecular complexity index is 1150. The van der Waals surface area contributed by atoms with Gasteiger partial charge in [0, 0.05) is 23.5 Å². The number of benzene rings is 2. The van der Waals surface area contributed by atoms with Crippen molar-refractivity contribution in [3.8, 4) is 0 Å². The molecule has 0 fully saturated rings. The van der Waals surface area contributed by atoms with E-state index < -0.39 is 23.8 Å². The van der Waals surface area contributed by atoms with Crippen molar-refractivity contribution in [3.63, 3.8) is 0 Å². The number of nitrogens with one attached hydrogen (secondary N) is 1. The summed E-state index contributed by atoms with van der Waals surface area (Å²) in [6.07, 6.45) is -0.823. The quantitative estimate of drug-likeness (QED) is 0.398. The Kier molecular flexibility index (Phi) is 7.53. The normalized spacial score (nSPS) is 12.7. The van der Waals surface area contributed by atoms with Gasteiger partial charge in [0.25, 0.3) is 5.91 Å². The first-order valence-electron chi connectivity index (χ1n) is 10.0. The number of allylic oxidation sites excluding steroid dienone is 1. The summed E-state index contributed by atoms with van der Waals surface area (Å²) in [5.41, 5.74) is 2.17. The lowest BCUT2D eigenvalue weighted by molar-refractivity contribution is -0.139. The van der Waals surface area contributed by atoms with Gasteiger partial charge in [-0.1, -0.05) is 42.0 Å². The van der Waals surface area contributed by atoms with Crippen LogP contribution in [0.5, 0.6) is 0 Å². The van der Waals surface area contributed by atoms with Crippen molar-refractivity contribution in [3.05, 3.63) is 105 Å². The largest absolute Gasteiger partial charge is 0.399 e. The Morgan fingerprint density at radius 2 is 1.88 bits per heavy atom. The van der Waals surface area contributed by atoms with E-state index in [4.69, 9.17) is 11.6 Å². The minimum absolute atomic E-state index is 0.00850. The Morgan fingerprint density at radius 1 is 1.12 bits per heavy atom. The van der Waals surface area contributed by atoms with Crippen LogP contribution < -0.4 is 5.32 Å². The van der Waals surface area contributed by atoms with Gasteiger partial charge in [-0.3, -0.25) is 9.78 Å². The number of pyridine rings is 1. The number of hydrogen-bond donors (Lipinski definition) is 1. The van der Waals surface area contributed by atoms with Gasteiger partial charge in [-0.15, -0.1) is 0 Å². The molecule has 3 aromatic rings. The van der Waals surface area contributed by atoms with Crippen LogP contribution in [0, 0.1) is 19.7 Å². The summed E-state index contributed by atoms with van der Waals surface area (Å²) in [7, 11) is 0. The number of carbonyl (C=O) groups is 1. The zero-order valence-corrected chi connectivity index (χ0v) is 18.6. The van der Waals surface area contributed by atoms with E-state index in [1.54, 1.807) is 31.3 Å². The van der Waals surface area contributed by atoms with Crippen LogP contribution in [0.4, 0.5) is 17.6 Å². The maximum Gasteiger partial charge on any atom is 0.399 e. The Morgan fingerprint density at radius 3 is 2.48 bits per heavy atom. The van der Waals surface area contributed by atoms with E-state index >= 15 is 0 Å². The summed E-state index contributed by atoms with van der Waals surface area (Å²) < 4.78 is 55.4. The first-order valence-corrected chi connectivity index (χ1v) is 10.4. The highest BCUT2D eigenvalue weighted by atomic mass is 35.5. The molecule has 8 heteroatoms. The Balaban J connectivity index is 1.76. The number of rotatable bonds is 6. The number of nitrogens with zero attached hydrogens (tertiary/aromatic N) is 1. The molecule has 1 amide bonds. The van der Waals surface area contributed by atoms with Crippen molar-refractivity contribution in [2.75, 3.05) is 0 Å². The molecule has 33 heavy (non-hydrogen) atoms. The SMILES string of the molecule is Cc1cc(Cl)cc(C(/C=C/c2ccc(C(=O)NCc3ccc(C)nc3)c(F)c2)C(F)(F)F)c1. The molecule has 0 spiro atoms. The third-order valence-electron chi connectivity index (χ3n) is 4.92. The molecule has 1 aromatic heterocycles. The summed E-state index contributed by atoms with van der Waals surface area (Å²) >= 11 is 5.92. The zero-order chi connectivity index (χ0) is 24.2. The molecule has 1 unspecified atom stereocenters. The van der Waals surface area contributed by atoms with Crippen LogP contribution in [0.2, 0.25) is 5.02 Å². The van der Waals surface area contributed by atoms with Gasteiger partial charge in [0.1, 0.15) is 5.82 Å². The van der Waals surface area contributed by atoms with Gasteiger partial charge in [-0.25, -0.2) is 4.39 Å². The van der Waals surface area contributed by atoms with E-state index in [0.29, 0.717) is 5.56 Å². The maximum atomic E-state index is 14.5. The molecule has 0 bridgehead atoms. The molecule has 0 saturated heterocycles. The third-order valence-corrected chi connectivity index (χ3v) is 5.14. The van der Waals surface area contributed by atoms with Crippen LogP contribution >= 0.6 is 11.6 Å². The summed E-state index contributed by atoms with van der Waals surface area (Å²) in [5.74, 6) is -3.38. The standard InChI is InChI=1S/C25H21ClF4N2O/c1-15-9-19(12-20(26)10-15)22(25(28,29)30)8-6-17-5-7-21(23(27)11-17)24(33)32-14-18-4-3-16(2)31-13-18/h3-13,22H,14H2,1-2H3,(H,32,33)/b8-6+. The molecule has 0 aliphatic rings. The van der Waals surface area contributed by atoms with Gasteiger partial charge >= 0.3 is 6.18 Å². The first kappa shape index (κ1) is 24.5. The van der Waals surface area contributed by atoms with E-state index in [9.17, 15) is 22.4 Å². The van der Waals surface area contributed by atoms with Gasteiger partial charge in [-0.2, -0.15) is 13.2 Å². The average Bonchev–Trinajstić information content (AvgIpc) is 2.71. The van der Waals surface area contributed by atoms with Gasteiger partial charge in [0.05, 0.1) is 11.5 Å². The van der Waals surface area contributed by atoms with Gasteiger partial charge in [0.15, 0.2) is 0 Å². The molecule has 3 nitrogen and oxygen atoms in total. The molecular weight excluding hydrogens is 456 g/mol.